The average molecular weight is 195 g/mol. The summed E-state index contributed by atoms with van der Waals surface area (Å²) in [5.74, 6) is 0.509. The number of rotatable bonds is 5. The van der Waals surface area contributed by atoms with Gasteiger partial charge in [-0.3, -0.25) is 4.79 Å². The molecule has 0 aliphatic heterocycles. The zero-order valence-corrected chi connectivity index (χ0v) is 8.21. The third kappa shape index (κ3) is 3.20. The van der Waals surface area contributed by atoms with Gasteiger partial charge >= 0.3 is 0 Å². The first-order valence-corrected chi connectivity index (χ1v) is 4.96. The summed E-state index contributed by atoms with van der Waals surface area (Å²) in [4.78, 5) is 10.6. The second-order valence-electron chi connectivity index (χ2n) is 2.48. The lowest BCUT2D eigenvalue weighted by atomic mass is 10.2. The van der Waals surface area contributed by atoms with Gasteiger partial charge in [0, 0.05) is 7.11 Å². The molecule has 1 radical (unpaired) electrons. The van der Waals surface area contributed by atoms with Crippen LogP contribution in [0, 0.1) is 0 Å². The zero-order valence-electron chi connectivity index (χ0n) is 7.40. The van der Waals surface area contributed by atoms with E-state index >= 15 is 0 Å². The molecule has 1 aromatic rings. The SMILES string of the molecule is COCSC([C]=O)c1ccccc1. The molecule has 0 bridgehead atoms. The van der Waals surface area contributed by atoms with Crippen LogP contribution in [0.4, 0.5) is 0 Å². The van der Waals surface area contributed by atoms with Crippen molar-refractivity contribution in [1.29, 1.82) is 0 Å². The van der Waals surface area contributed by atoms with E-state index in [4.69, 9.17) is 4.74 Å². The van der Waals surface area contributed by atoms with E-state index in [1.807, 2.05) is 36.6 Å². The molecule has 0 N–H and O–H groups in total. The minimum Gasteiger partial charge on any atom is -0.374 e. The van der Waals surface area contributed by atoms with Gasteiger partial charge in [0.25, 0.3) is 0 Å². The van der Waals surface area contributed by atoms with E-state index in [0.29, 0.717) is 5.94 Å². The van der Waals surface area contributed by atoms with Crippen molar-refractivity contribution in [2.75, 3.05) is 13.0 Å². The number of methoxy groups -OCH3 is 1. The van der Waals surface area contributed by atoms with Crippen molar-refractivity contribution in [3.63, 3.8) is 0 Å². The van der Waals surface area contributed by atoms with Crippen LogP contribution in [0.15, 0.2) is 30.3 Å². The molecule has 13 heavy (non-hydrogen) atoms. The van der Waals surface area contributed by atoms with Gasteiger partial charge in [-0.2, -0.15) is 0 Å². The smallest absolute Gasteiger partial charge is 0.217 e. The van der Waals surface area contributed by atoms with Crippen LogP contribution in [0.2, 0.25) is 0 Å². The molecule has 0 aliphatic rings. The van der Waals surface area contributed by atoms with Crippen LogP contribution in [0.1, 0.15) is 10.8 Å². The molecule has 1 aromatic carbocycles. The average Bonchev–Trinajstić information content (AvgIpc) is 2.21. The lowest BCUT2D eigenvalue weighted by Crippen LogP contribution is -1.97. The Morgan fingerprint density at radius 2 is 2.15 bits per heavy atom. The summed E-state index contributed by atoms with van der Waals surface area (Å²) in [7, 11) is 1.61. The molecule has 1 unspecified atom stereocenters. The molecule has 0 aromatic heterocycles. The molecule has 2 nitrogen and oxygen atoms in total. The monoisotopic (exact) mass is 195 g/mol. The Hall–Kier alpha value is -0.800. The highest BCUT2D eigenvalue weighted by Gasteiger charge is 2.10. The molecule has 1 rings (SSSR count). The van der Waals surface area contributed by atoms with E-state index in [9.17, 15) is 4.79 Å². The predicted octanol–water partition coefficient (Wildman–Crippen LogP) is 2.17. The molecule has 0 amide bonds. The molecule has 0 fully saturated rings. The Kier molecular flexibility index (Phi) is 4.57. The van der Waals surface area contributed by atoms with Gasteiger partial charge in [-0.25, -0.2) is 0 Å². The highest BCUT2D eigenvalue weighted by Crippen LogP contribution is 2.25. The fraction of sp³-hybridized carbons (Fsp3) is 0.300. The van der Waals surface area contributed by atoms with E-state index in [1.165, 1.54) is 11.8 Å². The molecule has 3 heteroatoms. The van der Waals surface area contributed by atoms with Gasteiger partial charge in [0.1, 0.15) is 0 Å². The first-order chi connectivity index (χ1) is 6.38. The van der Waals surface area contributed by atoms with Crippen molar-refractivity contribution in [1.82, 2.24) is 0 Å². The minimum absolute atomic E-state index is 0.235. The normalized spacial score (nSPS) is 12.4. The second kappa shape index (κ2) is 5.78. The van der Waals surface area contributed by atoms with Gasteiger partial charge in [-0.1, -0.05) is 30.3 Å². The molecule has 0 heterocycles. The number of ether oxygens (including phenoxy) is 1. The van der Waals surface area contributed by atoms with Crippen molar-refractivity contribution >= 4 is 18.0 Å². The van der Waals surface area contributed by atoms with Gasteiger partial charge in [0.2, 0.25) is 6.29 Å². The highest BCUT2D eigenvalue weighted by molar-refractivity contribution is 7.99. The van der Waals surface area contributed by atoms with E-state index in [1.54, 1.807) is 7.11 Å². The summed E-state index contributed by atoms with van der Waals surface area (Å²) in [6.07, 6.45) is 1.99. The number of thioether (sulfide) groups is 1. The summed E-state index contributed by atoms with van der Waals surface area (Å²) in [5, 5.41) is -0.235. The Morgan fingerprint density at radius 1 is 1.46 bits per heavy atom. The summed E-state index contributed by atoms with van der Waals surface area (Å²) < 4.78 is 4.88. The summed E-state index contributed by atoms with van der Waals surface area (Å²) in [5.41, 5.74) is 0.972. The first kappa shape index (κ1) is 10.3. The van der Waals surface area contributed by atoms with Crippen LogP contribution >= 0.6 is 11.8 Å². The second-order valence-corrected chi connectivity index (χ2v) is 3.52. The molecule has 0 aliphatic carbocycles. The van der Waals surface area contributed by atoms with Crippen LogP contribution in [-0.4, -0.2) is 19.3 Å². The maximum absolute atomic E-state index is 10.6. The van der Waals surface area contributed by atoms with Gasteiger partial charge < -0.3 is 4.74 Å². The standard InChI is InChI=1S/C10H11O2S/c1-12-8-13-10(7-11)9-5-3-2-4-6-9/h2-6,10H,8H2,1H3. The van der Waals surface area contributed by atoms with E-state index in [2.05, 4.69) is 0 Å². The Balaban J connectivity index is 2.61. The van der Waals surface area contributed by atoms with Crippen LogP contribution in [0.5, 0.6) is 0 Å². The van der Waals surface area contributed by atoms with E-state index in [-0.39, 0.29) is 5.25 Å². The van der Waals surface area contributed by atoms with Crippen molar-refractivity contribution in [2.24, 2.45) is 0 Å². The van der Waals surface area contributed by atoms with Crippen LogP contribution in [0.25, 0.3) is 0 Å². The topological polar surface area (TPSA) is 26.3 Å². The third-order valence-corrected chi connectivity index (χ3v) is 2.64. The van der Waals surface area contributed by atoms with Crippen LogP contribution in [-0.2, 0) is 9.53 Å². The van der Waals surface area contributed by atoms with E-state index < -0.39 is 0 Å². The maximum atomic E-state index is 10.6. The number of carbonyl (C=O) groups excluding carboxylic acids is 1. The minimum atomic E-state index is -0.235. The van der Waals surface area contributed by atoms with Crippen LogP contribution < -0.4 is 0 Å². The number of benzene rings is 1. The summed E-state index contributed by atoms with van der Waals surface area (Å²) in [6.45, 7) is 0. The summed E-state index contributed by atoms with van der Waals surface area (Å²) >= 11 is 1.43. The highest BCUT2D eigenvalue weighted by atomic mass is 32.2. The van der Waals surface area contributed by atoms with Crippen molar-refractivity contribution < 1.29 is 9.53 Å². The molecule has 1 atom stereocenters. The van der Waals surface area contributed by atoms with Gasteiger partial charge in [-0.15, -0.1) is 11.8 Å². The van der Waals surface area contributed by atoms with Gasteiger partial charge in [0.15, 0.2) is 0 Å². The molecular formula is C10H11O2S. The molecular weight excluding hydrogens is 184 g/mol. The van der Waals surface area contributed by atoms with E-state index in [0.717, 1.165) is 5.56 Å². The quantitative estimate of drug-likeness (QED) is 0.673. The lowest BCUT2D eigenvalue weighted by molar-refractivity contribution is 0.258. The Labute approximate surface area is 82.3 Å². The largest absolute Gasteiger partial charge is 0.374 e. The molecule has 0 saturated carbocycles. The predicted molar refractivity (Wildman–Crippen MR) is 54.3 cm³/mol. The fourth-order valence-electron chi connectivity index (χ4n) is 0.962. The fourth-order valence-corrected chi connectivity index (χ4v) is 1.65. The molecule has 0 spiro atoms. The molecule has 69 valence electrons. The van der Waals surface area contributed by atoms with Crippen molar-refractivity contribution in [3.8, 4) is 0 Å². The van der Waals surface area contributed by atoms with Gasteiger partial charge in [0.05, 0.1) is 11.2 Å². The maximum Gasteiger partial charge on any atom is 0.217 e. The third-order valence-electron chi connectivity index (χ3n) is 1.56. The lowest BCUT2D eigenvalue weighted by Gasteiger charge is -2.07. The number of hydrogen-bond donors (Lipinski definition) is 0. The van der Waals surface area contributed by atoms with Crippen molar-refractivity contribution in [2.45, 2.75) is 5.25 Å². The molecule has 0 saturated heterocycles. The number of hydrogen-bond acceptors (Lipinski definition) is 3. The summed E-state index contributed by atoms with van der Waals surface area (Å²) in [6, 6.07) is 9.57. The Bertz CT molecular complexity index is 248. The van der Waals surface area contributed by atoms with Crippen molar-refractivity contribution in [3.05, 3.63) is 35.9 Å². The first-order valence-electron chi connectivity index (χ1n) is 3.91. The Morgan fingerprint density at radius 3 is 2.69 bits per heavy atom. The van der Waals surface area contributed by atoms with Crippen LogP contribution in [0.3, 0.4) is 0 Å². The zero-order chi connectivity index (χ0) is 9.52. The van der Waals surface area contributed by atoms with Gasteiger partial charge in [-0.05, 0) is 5.56 Å².